The molecule has 1 amide bonds. The highest BCUT2D eigenvalue weighted by atomic mass is 35.5. The van der Waals surface area contributed by atoms with Crippen LogP contribution >= 0.6 is 11.6 Å². The van der Waals surface area contributed by atoms with E-state index >= 15 is 0 Å². The summed E-state index contributed by atoms with van der Waals surface area (Å²) in [5, 5.41) is 11.8. The van der Waals surface area contributed by atoms with Gasteiger partial charge in [-0.05, 0) is 30.3 Å². The average molecular weight is 258 g/mol. The van der Waals surface area contributed by atoms with Crippen LogP contribution in [0.2, 0.25) is 5.02 Å². The summed E-state index contributed by atoms with van der Waals surface area (Å²) in [7, 11) is 0. The van der Waals surface area contributed by atoms with Gasteiger partial charge in [-0.15, -0.1) is 0 Å². The van der Waals surface area contributed by atoms with Crippen LogP contribution in [0, 0.1) is 11.3 Å². The number of benzene rings is 1. The van der Waals surface area contributed by atoms with Gasteiger partial charge in [0.15, 0.2) is 0 Å². The average Bonchev–Trinajstić information content (AvgIpc) is 2.42. The first-order valence-electron chi connectivity index (χ1n) is 5.12. The number of aromatic nitrogens is 1. The number of anilines is 1. The molecule has 0 bridgehead atoms. The minimum absolute atomic E-state index is 0.297. The minimum atomic E-state index is -0.297. The molecule has 0 aliphatic heterocycles. The lowest BCUT2D eigenvalue weighted by Gasteiger charge is -2.07. The standard InChI is InChI=1S/C13H8ClN3O/c14-11-2-1-9(8-15)7-12(11)17-13(18)10-3-5-16-6-4-10/h1-7H,(H,17,18). The molecule has 0 saturated heterocycles. The van der Waals surface area contributed by atoms with Gasteiger partial charge in [0.1, 0.15) is 0 Å². The van der Waals surface area contributed by atoms with Gasteiger partial charge in [-0.3, -0.25) is 9.78 Å². The lowest BCUT2D eigenvalue weighted by Crippen LogP contribution is -2.12. The zero-order valence-corrected chi connectivity index (χ0v) is 9.98. The van der Waals surface area contributed by atoms with Crippen LogP contribution in [0.15, 0.2) is 42.7 Å². The Kier molecular flexibility index (Phi) is 3.56. The highest BCUT2D eigenvalue weighted by Gasteiger charge is 2.08. The first kappa shape index (κ1) is 12.1. The quantitative estimate of drug-likeness (QED) is 0.900. The molecule has 1 aromatic carbocycles. The molecular formula is C13H8ClN3O. The molecule has 0 fully saturated rings. The van der Waals surface area contributed by atoms with Gasteiger partial charge in [-0.1, -0.05) is 11.6 Å². The van der Waals surface area contributed by atoms with E-state index in [1.165, 1.54) is 18.5 Å². The van der Waals surface area contributed by atoms with Gasteiger partial charge in [0.05, 0.1) is 22.3 Å². The molecule has 88 valence electrons. The molecular weight excluding hydrogens is 250 g/mol. The highest BCUT2D eigenvalue weighted by molar-refractivity contribution is 6.34. The molecule has 5 heteroatoms. The number of nitrogens with one attached hydrogen (secondary N) is 1. The Labute approximate surface area is 109 Å². The third-order valence-electron chi connectivity index (χ3n) is 2.29. The maximum atomic E-state index is 11.9. The molecule has 0 atom stereocenters. The van der Waals surface area contributed by atoms with E-state index in [2.05, 4.69) is 10.3 Å². The Hall–Kier alpha value is -2.38. The number of nitriles is 1. The van der Waals surface area contributed by atoms with Crippen molar-refractivity contribution in [2.24, 2.45) is 0 Å². The summed E-state index contributed by atoms with van der Waals surface area (Å²) in [5.41, 5.74) is 1.32. The van der Waals surface area contributed by atoms with Crippen LogP contribution in [-0.4, -0.2) is 10.9 Å². The van der Waals surface area contributed by atoms with Crippen molar-refractivity contribution < 1.29 is 4.79 Å². The third-order valence-corrected chi connectivity index (χ3v) is 2.62. The van der Waals surface area contributed by atoms with Crippen LogP contribution in [0.1, 0.15) is 15.9 Å². The van der Waals surface area contributed by atoms with Crippen molar-refractivity contribution in [3.8, 4) is 6.07 Å². The molecule has 0 saturated carbocycles. The fraction of sp³-hybridized carbons (Fsp3) is 0. The summed E-state index contributed by atoms with van der Waals surface area (Å²) >= 11 is 5.95. The van der Waals surface area contributed by atoms with Gasteiger partial charge in [-0.2, -0.15) is 5.26 Å². The monoisotopic (exact) mass is 257 g/mol. The molecule has 1 N–H and O–H groups in total. The summed E-state index contributed by atoms with van der Waals surface area (Å²) in [6.45, 7) is 0. The third kappa shape index (κ3) is 2.65. The number of pyridine rings is 1. The van der Waals surface area contributed by atoms with Crippen LogP contribution in [0.5, 0.6) is 0 Å². The molecule has 2 rings (SSSR count). The molecule has 1 aromatic heterocycles. The first-order valence-corrected chi connectivity index (χ1v) is 5.49. The van der Waals surface area contributed by atoms with Crippen LogP contribution in [0.4, 0.5) is 5.69 Å². The molecule has 0 radical (unpaired) electrons. The SMILES string of the molecule is N#Cc1ccc(Cl)c(NC(=O)c2ccncc2)c1. The van der Waals surface area contributed by atoms with E-state index in [9.17, 15) is 4.79 Å². The van der Waals surface area contributed by atoms with Gasteiger partial charge >= 0.3 is 0 Å². The number of halogens is 1. The van der Waals surface area contributed by atoms with Crippen molar-refractivity contribution in [3.63, 3.8) is 0 Å². The molecule has 4 nitrogen and oxygen atoms in total. The normalized spacial score (nSPS) is 9.56. The van der Waals surface area contributed by atoms with Crippen molar-refractivity contribution in [1.29, 1.82) is 5.26 Å². The Bertz CT molecular complexity index is 620. The second-order valence-corrected chi connectivity index (χ2v) is 3.90. The summed E-state index contributed by atoms with van der Waals surface area (Å²) in [6, 6.07) is 9.87. The maximum absolute atomic E-state index is 11.9. The lowest BCUT2D eigenvalue weighted by molar-refractivity contribution is 0.102. The van der Waals surface area contributed by atoms with Gasteiger partial charge in [-0.25, -0.2) is 0 Å². The Morgan fingerprint density at radius 3 is 2.67 bits per heavy atom. The van der Waals surface area contributed by atoms with Crippen LogP contribution in [0.3, 0.4) is 0 Å². The molecule has 1 heterocycles. The van der Waals surface area contributed by atoms with Crippen molar-refractivity contribution in [1.82, 2.24) is 4.98 Å². The Morgan fingerprint density at radius 2 is 2.00 bits per heavy atom. The van der Waals surface area contributed by atoms with E-state index in [1.807, 2.05) is 6.07 Å². The van der Waals surface area contributed by atoms with E-state index in [0.29, 0.717) is 21.8 Å². The first-order chi connectivity index (χ1) is 8.70. The smallest absolute Gasteiger partial charge is 0.255 e. The summed E-state index contributed by atoms with van der Waals surface area (Å²) in [6.07, 6.45) is 3.06. The molecule has 18 heavy (non-hydrogen) atoms. The van der Waals surface area contributed by atoms with E-state index in [0.717, 1.165) is 0 Å². The minimum Gasteiger partial charge on any atom is -0.321 e. The van der Waals surface area contributed by atoms with E-state index in [1.54, 1.807) is 24.3 Å². The lowest BCUT2D eigenvalue weighted by atomic mass is 10.2. The molecule has 2 aromatic rings. The summed E-state index contributed by atoms with van der Waals surface area (Å²) in [5.74, 6) is -0.297. The predicted molar refractivity (Wildman–Crippen MR) is 68.4 cm³/mol. The fourth-order valence-electron chi connectivity index (χ4n) is 1.39. The number of rotatable bonds is 2. The zero-order valence-electron chi connectivity index (χ0n) is 9.22. The number of carbonyl (C=O) groups excluding carboxylic acids is 1. The summed E-state index contributed by atoms with van der Waals surface area (Å²) in [4.78, 5) is 15.7. The number of amides is 1. The predicted octanol–water partition coefficient (Wildman–Crippen LogP) is 2.86. The van der Waals surface area contributed by atoms with E-state index in [-0.39, 0.29) is 5.91 Å². The number of carbonyl (C=O) groups is 1. The van der Waals surface area contributed by atoms with Crippen molar-refractivity contribution in [3.05, 3.63) is 58.9 Å². The van der Waals surface area contributed by atoms with Gasteiger partial charge in [0.2, 0.25) is 0 Å². The molecule has 0 spiro atoms. The highest BCUT2D eigenvalue weighted by Crippen LogP contribution is 2.23. The molecule has 0 aliphatic carbocycles. The van der Waals surface area contributed by atoms with Crippen LogP contribution in [0.25, 0.3) is 0 Å². The largest absolute Gasteiger partial charge is 0.321 e. The van der Waals surface area contributed by atoms with Crippen molar-refractivity contribution in [2.75, 3.05) is 5.32 Å². The number of nitrogens with zero attached hydrogens (tertiary/aromatic N) is 2. The second-order valence-electron chi connectivity index (χ2n) is 3.50. The summed E-state index contributed by atoms with van der Waals surface area (Å²) < 4.78 is 0. The second kappa shape index (κ2) is 5.30. The van der Waals surface area contributed by atoms with Crippen molar-refractivity contribution >= 4 is 23.2 Å². The number of hydrogen-bond acceptors (Lipinski definition) is 3. The maximum Gasteiger partial charge on any atom is 0.255 e. The van der Waals surface area contributed by atoms with Gasteiger partial charge < -0.3 is 5.32 Å². The molecule has 0 aliphatic rings. The Balaban J connectivity index is 2.25. The Morgan fingerprint density at radius 1 is 1.28 bits per heavy atom. The zero-order chi connectivity index (χ0) is 13.0. The van der Waals surface area contributed by atoms with E-state index in [4.69, 9.17) is 16.9 Å². The van der Waals surface area contributed by atoms with Gasteiger partial charge in [0, 0.05) is 18.0 Å². The number of hydrogen-bond donors (Lipinski definition) is 1. The molecule has 0 unspecified atom stereocenters. The van der Waals surface area contributed by atoms with Gasteiger partial charge in [0.25, 0.3) is 5.91 Å². The van der Waals surface area contributed by atoms with Crippen molar-refractivity contribution in [2.45, 2.75) is 0 Å². The topological polar surface area (TPSA) is 65.8 Å². The van der Waals surface area contributed by atoms with Crippen LogP contribution < -0.4 is 5.32 Å². The van der Waals surface area contributed by atoms with Crippen LogP contribution in [-0.2, 0) is 0 Å². The fourth-order valence-corrected chi connectivity index (χ4v) is 1.55. The van der Waals surface area contributed by atoms with E-state index < -0.39 is 0 Å².